The third-order valence-corrected chi connectivity index (χ3v) is 5.42. The van der Waals surface area contributed by atoms with E-state index in [1.807, 2.05) is 0 Å². The van der Waals surface area contributed by atoms with E-state index in [0.29, 0.717) is 0 Å². The van der Waals surface area contributed by atoms with Gasteiger partial charge in [0.1, 0.15) is 11.6 Å². The number of hydrogen-bond acceptors (Lipinski definition) is 2. The van der Waals surface area contributed by atoms with Gasteiger partial charge in [-0.25, -0.2) is 8.78 Å². The van der Waals surface area contributed by atoms with E-state index in [0.717, 1.165) is 0 Å². The van der Waals surface area contributed by atoms with Crippen LogP contribution in [0.3, 0.4) is 0 Å². The second kappa shape index (κ2) is 4.77. The Morgan fingerprint density at radius 1 is 0.900 bits per heavy atom. The maximum atomic E-state index is 13.6. The Bertz CT molecular complexity index is 649. The van der Waals surface area contributed by atoms with Gasteiger partial charge in [-0.1, -0.05) is 36.4 Å². The number of benzene rings is 2. The van der Waals surface area contributed by atoms with E-state index in [4.69, 9.17) is 4.74 Å². The van der Waals surface area contributed by atoms with Crippen molar-refractivity contribution >= 4 is 7.37 Å². The second-order valence-corrected chi connectivity index (χ2v) is 6.84. The van der Waals surface area contributed by atoms with E-state index in [9.17, 15) is 18.2 Å². The van der Waals surface area contributed by atoms with Crippen molar-refractivity contribution in [2.24, 2.45) is 0 Å². The fourth-order valence-electron chi connectivity index (χ4n) is 2.25. The zero-order valence-electron chi connectivity index (χ0n) is 10.2. The van der Waals surface area contributed by atoms with Gasteiger partial charge in [0.05, 0.1) is 0 Å². The van der Waals surface area contributed by atoms with Crippen LogP contribution in [0.2, 0.25) is 0 Å². The Balaban J connectivity index is 1.94. The minimum absolute atomic E-state index is 0.0194. The van der Waals surface area contributed by atoms with Gasteiger partial charge in [0.25, 0.3) is 7.37 Å². The minimum atomic E-state index is -3.89. The summed E-state index contributed by atoms with van der Waals surface area (Å²) in [7, 11) is -3.89. The molecule has 0 saturated carbocycles. The highest BCUT2D eigenvalue weighted by atomic mass is 31.2. The summed E-state index contributed by atoms with van der Waals surface area (Å²) in [5, 5.41) is 0. The summed E-state index contributed by atoms with van der Waals surface area (Å²) in [5.74, 6) is -3.71. The Kier molecular flexibility index (Phi) is 3.21. The monoisotopic (exact) mass is 296 g/mol. The molecule has 1 fully saturated rings. The van der Waals surface area contributed by atoms with E-state index < -0.39 is 30.7 Å². The van der Waals surface area contributed by atoms with Crippen molar-refractivity contribution in [2.75, 3.05) is 0 Å². The summed E-state index contributed by atoms with van der Waals surface area (Å²) < 4.78 is 44.9. The van der Waals surface area contributed by atoms with Crippen molar-refractivity contribution in [3.63, 3.8) is 0 Å². The normalized spacial score (nSPS) is 28.9. The molecule has 2 aromatic carbocycles. The van der Waals surface area contributed by atoms with Gasteiger partial charge in [-0.3, -0.25) is 4.57 Å². The number of hydrogen-bond donors (Lipinski definition) is 1. The van der Waals surface area contributed by atoms with E-state index >= 15 is 0 Å². The predicted molar refractivity (Wildman–Crippen MR) is 69.2 cm³/mol. The average molecular weight is 296 g/mol. The van der Waals surface area contributed by atoms with Crippen molar-refractivity contribution < 1.29 is 23.0 Å². The molecule has 0 amide bonds. The summed E-state index contributed by atoms with van der Waals surface area (Å²) in [6.07, 6.45) is 0. The van der Waals surface area contributed by atoms with Crippen molar-refractivity contribution in [1.82, 2.24) is 0 Å². The second-order valence-electron chi connectivity index (χ2n) is 4.56. The van der Waals surface area contributed by atoms with Gasteiger partial charge < -0.3 is 9.63 Å². The Morgan fingerprint density at radius 2 is 1.30 bits per heavy atom. The first kappa shape index (κ1) is 13.4. The molecule has 0 spiro atoms. The van der Waals surface area contributed by atoms with Crippen LogP contribution in [0.5, 0.6) is 0 Å². The Labute approximate surface area is 114 Å². The fraction of sp³-hybridized carbons (Fsp3) is 0.143. The summed E-state index contributed by atoms with van der Waals surface area (Å²) in [6, 6.07) is 11.2. The summed E-state index contributed by atoms with van der Waals surface area (Å²) >= 11 is 0. The van der Waals surface area contributed by atoms with Gasteiger partial charge in [0.15, 0.2) is 11.7 Å². The van der Waals surface area contributed by atoms with Crippen molar-refractivity contribution in [3.8, 4) is 0 Å². The molecule has 1 unspecified atom stereocenters. The molecule has 3 nitrogen and oxygen atoms in total. The lowest BCUT2D eigenvalue weighted by atomic mass is 10.2. The Hall–Kier alpha value is -1.55. The minimum Gasteiger partial charge on any atom is -0.345 e. The smallest absolute Gasteiger partial charge is 0.265 e. The van der Waals surface area contributed by atoms with Gasteiger partial charge in [-0.2, -0.15) is 0 Å². The number of rotatable bonds is 2. The van der Waals surface area contributed by atoms with Gasteiger partial charge >= 0.3 is 0 Å². The molecule has 1 aliphatic rings. The standard InChI is InChI=1S/C14H11F2O3P/c15-11-7-3-1-5-9(11)13-19-14(20(13,17)18)10-6-2-4-8-12(10)16/h1-8,13-14H,(H,17,18)/t13-,14+. The van der Waals surface area contributed by atoms with Crippen molar-refractivity contribution in [2.45, 2.75) is 11.7 Å². The lowest BCUT2D eigenvalue weighted by Gasteiger charge is -2.41. The number of halogens is 2. The molecule has 2 aromatic rings. The molecule has 3 atom stereocenters. The van der Waals surface area contributed by atoms with Gasteiger partial charge in [-0.15, -0.1) is 0 Å². The largest absolute Gasteiger partial charge is 0.345 e. The van der Waals surface area contributed by atoms with Gasteiger partial charge in [0.2, 0.25) is 0 Å². The van der Waals surface area contributed by atoms with Crippen LogP contribution in [-0.2, 0) is 9.30 Å². The van der Waals surface area contributed by atoms with Crippen molar-refractivity contribution in [3.05, 3.63) is 71.3 Å². The van der Waals surface area contributed by atoms with Crippen LogP contribution in [0.15, 0.2) is 48.5 Å². The van der Waals surface area contributed by atoms with Crippen molar-refractivity contribution in [1.29, 1.82) is 0 Å². The summed E-state index contributed by atoms with van der Waals surface area (Å²) in [6.45, 7) is 0. The molecule has 3 rings (SSSR count). The molecule has 0 aliphatic carbocycles. The molecule has 20 heavy (non-hydrogen) atoms. The van der Waals surface area contributed by atoms with Gasteiger partial charge in [0, 0.05) is 11.1 Å². The topological polar surface area (TPSA) is 46.5 Å². The third kappa shape index (κ3) is 1.99. The van der Waals surface area contributed by atoms with Crippen LogP contribution in [0.25, 0.3) is 0 Å². The van der Waals surface area contributed by atoms with E-state index in [1.54, 1.807) is 12.1 Å². The van der Waals surface area contributed by atoms with Crippen LogP contribution in [0.4, 0.5) is 8.78 Å². The molecule has 6 heteroatoms. The lowest BCUT2D eigenvalue weighted by molar-refractivity contribution is 0.00134. The maximum Gasteiger partial charge on any atom is 0.265 e. The van der Waals surface area contributed by atoms with Crippen LogP contribution in [0, 0.1) is 11.6 Å². The molecule has 104 valence electrons. The SMILES string of the molecule is O=P1(O)[C@@H](c2ccccc2F)O[C@H]1c1ccccc1F. The van der Waals surface area contributed by atoms with E-state index in [2.05, 4.69) is 0 Å². The average Bonchev–Trinajstić information content (AvgIpc) is 2.42. The molecule has 1 N–H and O–H groups in total. The summed E-state index contributed by atoms with van der Waals surface area (Å²) in [5.41, 5.74) is 0.0387. The molecule has 0 bridgehead atoms. The van der Waals surface area contributed by atoms with E-state index in [1.165, 1.54) is 36.4 Å². The molecule has 1 saturated heterocycles. The van der Waals surface area contributed by atoms with Crippen LogP contribution >= 0.6 is 7.37 Å². The molecule has 0 radical (unpaired) electrons. The van der Waals surface area contributed by atoms with E-state index in [-0.39, 0.29) is 11.1 Å². The predicted octanol–water partition coefficient (Wildman–Crippen LogP) is 3.96. The molecule has 0 aromatic heterocycles. The molecular weight excluding hydrogens is 285 g/mol. The lowest BCUT2D eigenvalue weighted by Crippen LogP contribution is -2.25. The molecular formula is C14H11F2O3P. The highest BCUT2D eigenvalue weighted by molar-refractivity contribution is 7.59. The third-order valence-electron chi connectivity index (χ3n) is 3.27. The van der Waals surface area contributed by atoms with Crippen LogP contribution < -0.4 is 0 Å². The highest BCUT2D eigenvalue weighted by Gasteiger charge is 2.55. The van der Waals surface area contributed by atoms with Crippen LogP contribution in [-0.4, -0.2) is 4.89 Å². The van der Waals surface area contributed by atoms with Crippen LogP contribution in [0.1, 0.15) is 22.8 Å². The Morgan fingerprint density at radius 3 is 1.65 bits per heavy atom. The first-order valence-corrected chi connectivity index (χ1v) is 7.78. The summed E-state index contributed by atoms with van der Waals surface area (Å²) in [4.78, 5) is 10.1. The maximum absolute atomic E-state index is 13.6. The first-order chi connectivity index (χ1) is 9.51. The quantitative estimate of drug-likeness (QED) is 0.853. The highest BCUT2D eigenvalue weighted by Crippen LogP contribution is 2.77. The molecule has 1 heterocycles. The fourth-order valence-corrected chi connectivity index (χ4v) is 4.12. The first-order valence-electron chi connectivity index (χ1n) is 5.98. The molecule has 1 aliphatic heterocycles. The number of ether oxygens (including phenoxy) is 1. The zero-order chi connectivity index (χ0) is 14.3. The zero-order valence-corrected chi connectivity index (χ0v) is 11.1. The van der Waals surface area contributed by atoms with Gasteiger partial charge in [-0.05, 0) is 12.1 Å².